The normalized spacial score (nSPS) is 18.8. The number of aromatic nitrogens is 1. The van der Waals surface area contributed by atoms with Crippen LogP contribution in [0.5, 0.6) is 0 Å². The summed E-state index contributed by atoms with van der Waals surface area (Å²) in [6, 6.07) is 8.47. The maximum absolute atomic E-state index is 5.44. The molecule has 0 bridgehead atoms. The number of ether oxygens (including phenoxy) is 1. The minimum absolute atomic E-state index is 0.393. The van der Waals surface area contributed by atoms with Crippen molar-refractivity contribution in [2.24, 2.45) is 5.41 Å². The van der Waals surface area contributed by atoms with E-state index in [4.69, 9.17) is 4.74 Å². The van der Waals surface area contributed by atoms with Gasteiger partial charge in [0.05, 0.1) is 0 Å². The third-order valence-electron chi connectivity index (χ3n) is 4.24. The van der Waals surface area contributed by atoms with Gasteiger partial charge in [-0.2, -0.15) is 0 Å². The van der Waals surface area contributed by atoms with Crippen LogP contribution in [0.25, 0.3) is 10.9 Å². The number of benzene rings is 1. The van der Waals surface area contributed by atoms with Gasteiger partial charge in [0.1, 0.15) is 0 Å². The molecule has 3 rings (SSSR count). The van der Waals surface area contributed by atoms with E-state index in [0.29, 0.717) is 5.41 Å². The van der Waals surface area contributed by atoms with Gasteiger partial charge in [-0.25, -0.2) is 0 Å². The number of nitrogens with one attached hydrogen (secondary N) is 2. The van der Waals surface area contributed by atoms with Crippen molar-refractivity contribution in [3.05, 3.63) is 36.0 Å². The van der Waals surface area contributed by atoms with E-state index >= 15 is 0 Å². The molecule has 1 aromatic carbocycles. The first kappa shape index (κ1) is 12.7. The second-order valence-electron chi connectivity index (χ2n) is 5.89. The first-order chi connectivity index (χ1) is 9.27. The van der Waals surface area contributed by atoms with Crippen molar-refractivity contribution in [2.75, 3.05) is 19.8 Å². The summed E-state index contributed by atoms with van der Waals surface area (Å²) in [6.45, 7) is 6.17. The van der Waals surface area contributed by atoms with Gasteiger partial charge in [-0.15, -0.1) is 0 Å². The van der Waals surface area contributed by atoms with Crippen LogP contribution in [0, 0.1) is 5.41 Å². The Kier molecular flexibility index (Phi) is 3.58. The predicted molar refractivity (Wildman–Crippen MR) is 78.2 cm³/mol. The zero-order valence-corrected chi connectivity index (χ0v) is 11.5. The highest BCUT2D eigenvalue weighted by atomic mass is 16.5. The molecule has 0 atom stereocenters. The Morgan fingerprint density at radius 1 is 1.26 bits per heavy atom. The number of aromatic amines is 1. The average molecular weight is 258 g/mol. The van der Waals surface area contributed by atoms with Crippen LogP contribution < -0.4 is 5.32 Å². The van der Waals surface area contributed by atoms with Gasteiger partial charge < -0.3 is 15.0 Å². The van der Waals surface area contributed by atoms with Crippen LogP contribution in [0.2, 0.25) is 0 Å². The van der Waals surface area contributed by atoms with Crippen molar-refractivity contribution in [1.29, 1.82) is 0 Å². The van der Waals surface area contributed by atoms with E-state index < -0.39 is 0 Å². The molecule has 1 aliphatic heterocycles. The van der Waals surface area contributed by atoms with Crippen LogP contribution in [0.3, 0.4) is 0 Å². The summed E-state index contributed by atoms with van der Waals surface area (Å²) >= 11 is 0. The Bertz CT molecular complexity index is 540. The van der Waals surface area contributed by atoms with Crippen molar-refractivity contribution in [1.82, 2.24) is 10.3 Å². The van der Waals surface area contributed by atoms with E-state index in [0.717, 1.165) is 39.1 Å². The van der Waals surface area contributed by atoms with Crippen LogP contribution in [-0.4, -0.2) is 24.7 Å². The molecular weight excluding hydrogens is 236 g/mol. The third kappa shape index (κ3) is 2.82. The van der Waals surface area contributed by atoms with Crippen LogP contribution >= 0.6 is 0 Å². The van der Waals surface area contributed by atoms with Crippen molar-refractivity contribution in [3.8, 4) is 0 Å². The van der Waals surface area contributed by atoms with Crippen molar-refractivity contribution < 1.29 is 4.74 Å². The van der Waals surface area contributed by atoms with E-state index in [2.05, 4.69) is 47.7 Å². The molecule has 1 fully saturated rings. The molecule has 102 valence electrons. The lowest BCUT2D eigenvalue weighted by Gasteiger charge is -2.33. The molecule has 1 aliphatic rings. The molecule has 3 heteroatoms. The Labute approximate surface area is 114 Å². The van der Waals surface area contributed by atoms with E-state index in [9.17, 15) is 0 Å². The number of para-hydroxylation sites is 1. The van der Waals surface area contributed by atoms with Gasteiger partial charge in [0, 0.05) is 43.4 Å². The summed E-state index contributed by atoms with van der Waals surface area (Å²) in [5.41, 5.74) is 2.97. The molecule has 2 N–H and O–H groups in total. The summed E-state index contributed by atoms with van der Waals surface area (Å²) in [5, 5.41) is 4.94. The second-order valence-corrected chi connectivity index (χ2v) is 5.89. The zero-order valence-electron chi connectivity index (χ0n) is 11.5. The number of hydrogen-bond donors (Lipinski definition) is 2. The number of fused-ring (bicyclic) bond motifs is 1. The van der Waals surface area contributed by atoms with Gasteiger partial charge in [0.2, 0.25) is 0 Å². The summed E-state index contributed by atoms with van der Waals surface area (Å²) in [7, 11) is 0. The molecule has 0 unspecified atom stereocenters. The van der Waals surface area contributed by atoms with E-state index in [1.54, 1.807) is 0 Å². The van der Waals surface area contributed by atoms with Gasteiger partial charge in [0.15, 0.2) is 0 Å². The summed E-state index contributed by atoms with van der Waals surface area (Å²) in [5.74, 6) is 0. The molecule has 2 aromatic rings. The van der Waals surface area contributed by atoms with Gasteiger partial charge in [-0.1, -0.05) is 25.1 Å². The van der Waals surface area contributed by atoms with E-state index in [1.165, 1.54) is 16.5 Å². The monoisotopic (exact) mass is 258 g/mol. The smallest absolute Gasteiger partial charge is 0.0471 e. The Morgan fingerprint density at radius 2 is 2.05 bits per heavy atom. The van der Waals surface area contributed by atoms with Crippen LogP contribution in [-0.2, 0) is 11.3 Å². The Balaban J connectivity index is 1.60. The molecule has 0 saturated carbocycles. The Morgan fingerprint density at radius 3 is 2.89 bits per heavy atom. The van der Waals surface area contributed by atoms with Gasteiger partial charge in [-0.3, -0.25) is 0 Å². The van der Waals surface area contributed by atoms with Crippen molar-refractivity contribution in [3.63, 3.8) is 0 Å². The van der Waals surface area contributed by atoms with E-state index in [1.807, 2.05) is 0 Å². The van der Waals surface area contributed by atoms with Crippen LogP contribution in [0.4, 0.5) is 0 Å². The minimum atomic E-state index is 0.393. The van der Waals surface area contributed by atoms with Crippen LogP contribution in [0.1, 0.15) is 25.3 Å². The quantitative estimate of drug-likeness (QED) is 0.884. The molecule has 0 amide bonds. The lowest BCUT2D eigenvalue weighted by atomic mass is 9.82. The summed E-state index contributed by atoms with van der Waals surface area (Å²) < 4.78 is 5.44. The molecule has 1 saturated heterocycles. The first-order valence-electron chi connectivity index (χ1n) is 7.10. The highest BCUT2D eigenvalue weighted by molar-refractivity contribution is 5.82. The average Bonchev–Trinajstić information content (AvgIpc) is 2.83. The largest absolute Gasteiger partial charge is 0.381 e. The molecular formula is C16H22N2O. The molecule has 0 radical (unpaired) electrons. The van der Waals surface area contributed by atoms with Crippen molar-refractivity contribution in [2.45, 2.75) is 26.3 Å². The fourth-order valence-corrected chi connectivity index (χ4v) is 2.82. The highest BCUT2D eigenvalue weighted by Gasteiger charge is 2.26. The molecule has 19 heavy (non-hydrogen) atoms. The van der Waals surface area contributed by atoms with E-state index in [-0.39, 0.29) is 0 Å². The molecule has 0 aliphatic carbocycles. The SMILES string of the molecule is CC1(CNCc2c[nH]c3ccccc23)CCOCC1. The lowest BCUT2D eigenvalue weighted by molar-refractivity contribution is 0.0240. The minimum Gasteiger partial charge on any atom is -0.381 e. The van der Waals surface area contributed by atoms with Gasteiger partial charge in [-0.05, 0) is 29.9 Å². The zero-order chi connectivity index (χ0) is 13.1. The van der Waals surface area contributed by atoms with Gasteiger partial charge in [0.25, 0.3) is 0 Å². The molecule has 3 nitrogen and oxygen atoms in total. The van der Waals surface area contributed by atoms with Gasteiger partial charge >= 0.3 is 0 Å². The van der Waals surface area contributed by atoms with Crippen LogP contribution in [0.15, 0.2) is 30.5 Å². The number of rotatable bonds is 4. The molecule has 1 aromatic heterocycles. The third-order valence-corrected chi connectivity index (χ3v) is 4.24. The predicted octanol–water partition coefficient (Wildman–Crippen LogP) is 3.07. The standard InChI is InChI=1S/C16H22N2O/c1-16(6-8-19-9-7-16)12-17-10-13-11-18-15-5-3-2-4-14(13)15/h2-5,11,17-18H,6-10,12H2,1H3. The molecule has 2 heterocycles. The summed E-state index contributed by atoms with van der Waals surface area (Å²) in [4.78, 5) is 3.33. The number of hydrogen-bond acceptors (Lipinski definition) is 2. The second kappa shape index (κ2) is 5.35. The summed E-state index contributed by atoms with van der Waals surface area (Å²) in [6.07, 6.45) is 4.44. The lowest BCUT2D eigenvalue weighted by Crippen LogP contribution is -2.36. The topological polar surface area (TPSA) is 37.0 Å². The number of H-pyrrole nitrogens is 1. The Hall–Kier alpha value is -1.32. The maximum atomic E-state index is 5.44. The fourth-order valence-electron chi connectivity index (χ4n) is 2.82. The maximum Gasteiger partial charge on any atom is 0.0471 e. The molecule has 0 spiro atoms. The first-order valence-corrected chi connectivity index (χ1v) is 7.10. The van der Waals surface area contributed by atoms with Crippen molar-refractivity contribution >= 4 is 10.9 Å². The highest BCUT2D eigenvalue weighted by Crippen LogP contribution is 2.28. The fraction of sp³-hybridized carbons (Fsp3) is 0.500.